The van der Waals surface area contributed by atoms with Gasteiger partial charge in [-0.15, -0.1) is 23.4 Å². The topological polar surface area (TPSA) is 121 Å². The minimum atomic E-state index is -1.06. The van der Waals surface area contributed by atoms with E-state index < -0.39 is 52.6 Å². The van der Waals surface area contributed by atoms with Crippen LogP contribution in [0.3, 0.4) is 0 Å². The number of likely N-dealkylation sites (tertiary alicyclic amines) is 2. The highest BCUT2D eigenvalue weighted by atomic mass is 35.5. The molecule has 0 spiro atoms. The monoisotopic (exact) mass is 497 g/mol. The normalized spacial score (nSPS) is 38.1. The molecule has 5 aliphatic rings. The zero-order valence-electron chi connectivity index (χ0n) is 18.0. The van der Waals surface area contributed by atoms with Crippen molar-refractivity contribution in [1.29, 1.82) is 0 Å². The molecule has 0 bridgehead atoms. The molecule has 4 unspecified atom stereocenters. The van der Waals surface area contributed by atoms with E-state index in [0.717, 1.165) is 22.6 Å². The van der Waals surface area contributed by atoms with Crippen molar-refractivity contribution in [1.82, 2.24) is 14.7 Å². The fourth-order valence-corrected chi connectivity index (χ4v) is 7.64. The van der Waals surface area contributed by atoms with Crippen LogP contribution in [0.4, 0.5) is 0 Å². The van der Waals surface area contributed by atoms with E-state index >= 15 is 0 Å². The third kappa shape index (κ3) is 3.22. The first-order valence-electron chi connectivity index (χ1n) is 11.1. The smallest absolute Gasteiger partial charge is 0.332 e. The minimum absolute atomic E-state index is 0.0130. The average Bonchev–Trinajstić information content (AvgIpc) is 3.37. The number of imide groups is 2. The molecule has 5 rings (SSSR count). The van der Waals surface area contributed by atoms with Gasteiger partial charge >= 0.3 is 5.97 Å². The Balaban J connectivity index is 1.34. The van der Waals surface area contributed by atoms with Gasteiger partial charge in [0.1, 0.15) is 17.5 Å². The summed E-state index contributed by atoms with van der Waals surface area (Å²) in [6, 6.07) is -2.01. The van der Waals surface area contributed by atoms with Gasteiger partial charge < -0.3 is 9.64 Å². The molecular weight excluding hydrogens is 474 g/mol. The number of thioether (sulfide) groups is 1. The molecule has 0 radical (unpaired) electrons. The van der Waals surface area contributed by atoms with Crippen LogP contribution in [0.2, 0.25) is 0 Å². The number of rotatable bonds is 5. The van der Waals surface area contributed by atoms with E-state index in [-0.39, 0.29) is 42.4 Å². The van der Waals surface area contributed by atoms with Crippen LogP contribution >= 0.6 is 23.4 Å². The van der Waals surface area contributed by atoms with Crippen LogP contribution in [-0.2, 0) is 33.5 Å². The van der Waals surface area contributed by atoms with Gasteiger partial charge in [-0.25, -0.2) is 9.69 Å². The molecule has 178 valence electrons. The maximum Gasteiger partial charge on any atom is 0.332 e. The first-order valence-corrected chi connectivity index (χ1v) is 12.5. The number of carbonyl (C=O) groups is 6. The van der Waals surface area contributed by atoms with Gasteiger partial charge in [0.05, 0.1) is 16.6 Å². The van der Waals surface area contributed by atoms with Crippen LogP contribution < -0.4 is 0 Å². The number of carbonyl (C=O) groups excluding carboxylic acids is 6. The third-order valence-corrected chi connectivity index (χ3v) is 9.78. The lowest BCUT2D eigenvalue weighted by atomic mass is 9.81. The number of nitrogens with zero attached hydrogens (tertiary/aromatic N) is 3. The average molecular weight is 498 g/mol. The Hall–Kier alpha value is -2.14. The van der Waals surface area contributed by atoms with Gasteiger partial charge in [-0.3, -0.25) is 28.9 Å². The molecule has 0 aromatic rings. The highest BCUT2D eigenvalue weighted by Crippen LogP contribution is 2.54. The summed E-state index contributed by atoms with van der Waals surface area (Å²) in [6.45, 7) is 1.21. The summed E-state index contributed by atoms with van der Waals surface area (Å²) in [5, 5.41) is -0.595. The number of halogens is 1. The molecular formula is C21H24ClN3O7S. The Morgan fingerprint density at radius 3 is 2.15 bits per heavy atom. The quantitative estimate of drug-likeness (QED) is 0.232. The summed E-state index contributed by atoms with van der Waals surface area (Å²) in [4.78, 5) is 79.2. The van der Waals surface area contributed by atoms with Crippen LogP contribution in [0.15, 0.2) is 0 Å². The van der Waals surface area contributed by atoms with Crippen molar-refractivity contribution in [3.63, 3.8) is 0 Å². The van der Waals surface area contributed by atoms with Crippen molar-refractivity contribution in [2.24, 2.45) is 11.8 Å². The van der Waals surface area contributed by atoms with Crippen molar-refractivity contribution in [2.45, 2.75) is 67.7 Å². The molecule has 4 saturated heterocycles. The van der Waals surface area contributed by atoms with Crippen molar-refractivity contribution >= 4 is 58.9 Å². The standard InChI is InChI=1S/C21H24ClN3O7S/c1-21(8-22)15(20(31)32-9-23-12(26)6-7-13(23)27)25-18(30)14(19(25)33-21)24-16(28)10-4-2-3-5-11(10)17(24)29/h10-11,14-15,19H,2-9H2,1H3/t10?,11?,14?,15?,19-,21-/m0/s1. The van der Waals surface area contributed by atoms with Crippen LogP contribution in [0, 0.1) is 11.8 Å². The predicted molar refractivity (Wildman–Crippen MR) is 114 cm³/mol. The number of alkyl halides is 1. The van der Waals surface area contributed by atoms with Crippen LogP contribution in [0.5, 0.6) is 0 Å². The lowest BCUT2D eigenvalue weighted by Gasteiger charge is -2.46. The molecule has 0 aromatic carbocycles. The molecule has 33 heavy (non-hydrogen) atoms. The molecule has 10 nitrogen and oxygen atoms in total. The van der Waals surface area contributed by atoms with E-state index in [2.05, 4.69) is 0 Å². The predicted octanol–water partition coefficient (Wildman–Crippen LogP) is 0.461. The van der Waals surface area contributed by atoms with Crippen LogP contribution in [0.25, 0.3) is 0 Å². The summed E-state index contributed by atoms with van der Waals surface area (Å²) in [5.74, 6) is -3.42. The summed E-state index contributed by atoms with van der Waals surface area (Å²) in [5.41, 5.74) is 0. The lowest BCUT2D eigenvalue weighted by Crippen LogP contribution is -2.71. The van der Waals surface area contributed by atoms with Gasteiger partial charge in [0.25, 0.3) is 5.91 Å². The number of hydrogen-bond donors (Lipinski definition) is 0. The number of ether oxygens (including phenoxy) is 1. The van der Waals surface area contributed by atoms with Crippen molar-refractivity contribution < 1.29 is 33.5 Å². The van der Waals surface area contributed by atoms with E-state index in [1.807, 2.05) is 0 Å². The summed E-state index contributed by atoms with van der Waals surface area (Å²) >= 11 is 7.47. The van der Waals surface area contributed by atoms with Crippen LogP contribution in [-0.4, -0.2) is 85.0 Å². The zero-order valence-corrected chi connectivity index (χ0v) is 19.6. The molecule has 1 aliphatic carbocycles. The molecule has 5 fully saturated rings. The maximum atomic E-state index is 13.2. The Labute approximate surface area is 199 Å². The Morgan fingerprint density at radius 1 is 1.03 bits per heavy atom. The van der Waals surface area contributed by atoms with Crippen molar-refractivity contribution in [3.8, 4) is 0 Å². The van der Waals surface area contributed by atoms with Gasteiger partial charge in [-0.05, 0) is 19.8 Å². The highest BCUT2D eigenvalue weighted by Gasteiger charge is 2.69. The fraction of sp³-hybridized carbons (Fsp3) is 0.714. The minimum Gasteiger partial charge on any atom is -0.442 e. The van der Waals surface area contributed by atoms with Gasteiger partial charge in [0, 0.05) is 18.7 Å². The lowest BCUT2D eigenvalue weighted by molar-refractivity contribution is -0.174. The number of fused-ring (bicyclic) bond motifs is 2. The van der Waals surface area contributed by atoms with E-state index in [1.54, 1.807) is 6.92 Å². The number of amides is 5. The second kappa shape index (κ2) is 7.97. The molecule has 1 saturated carbocycles. The maximum absolute atomic E-state index is 13.2. The van der Waals surface area contributed by atoms with E-state index in [9.17, 15) is 28.8 Å². The Kier molecular flexibility index (Phi) is 5.47. The van der Waals surface area contributed by atoms with Gasteiger partial charge in [0.2, 0.25) is 23.6 Å². The van der Waals surface area contributed by atoms with Gasteiger partial charge in [-0.2, -0.15) is 0 Å². The number of hydrogen-bond acceptors (Lipinski definition) is 8. The van der Waals surface area contributed by atoms with Gasteiger partial charge in [0.15, 0.2) is 6.73 Å². The SMILES string of the molecule is C[C@@]1(CCl)S[C@H]2C(N3C(=O)C4CCCCC4C3=O)C(=O)N2C1C(=O)OCN1C(=O)CCC1=O. The number of β-lactam (4-membered cyclic amide) rings is 1. The van der Waals surface area contributed by atoms with Gasteiger partial charge in [-0.1, -0.05) is 12.8 Å². The van der Waals surface area contributed by atoms with Crippen molar-refractivity contribution in [2.75, 3.05) is 12.6 Å². The molecule has 5 amide bonds. The summed E-state index contributed by atoms with van der Waals surface area (Å²) in [7, 11) is 0. The molecule has 4 heterocycles. The highest BCUT2D eigenvalue weighted by molar-refractivity contribution is 8.01. The van der Waals surface area contributed by atoms with E-state index in [1.165, 1.54) is 16.7 Å². The Bertz CT molecular complexity index is 936. The second-order valence-corrected chi connectivity index (χ2v) is 11.3. The van der Waals surface area contributed by atoms with E-state index in [0.29, 0.717) is 12.8 Å². The molecule has 0 aromatic heterocycles. The zero-order chi connectivity index (χ0) is 23.7. The molecule has 0 N–H and O–H groups in total. The number of esters is 1. The fourth-order valence-electron chi connectivity index (χ4n) is 5.64. The Morgan fingerprint density at radius 2 is 1.61 bits per heavy atom. The molecule has 4 aliphatic heterocycles. The van der Waals surface area contributed by atoms with E-state index in [4.69, 9.17) is 16.3 Å². The third-order valence-electron chi connectivity index (χ3n) is 7.43. The van der Waals surface area contributed by atoms with Crippen molar-refractivity contribution in [3.05, 3.63) is 0 Å². The first-order chi connectivity index (χ1) is 15.7. The largest absolute Gasteiger partial charge is 0.442 e. The molecule has 6 atom stereocenters. The summed E-state index contributed by atoms with van der Waals surface area (Å²) in [6.07, 6.45) is 3.22. The first kappa shape index (κ1) is 22.6. The second-order valence-electron chi connectivity index (χ2n) is 9.40. The summed E-state index contributed by atoms with van der Waals surface area (Å²) < 4.78 is 4.34. The van der Waals surface area contributed by atoms with Crippen LogP contribution in [0.1, 0.15) is 45.4 Å². The molecule has 12 heteroatoms.